The number of hydrogen-bond donors (Lipinski definition) is 1. The summed E-state index contributed by atoms with van der Waals surface area (Å²) in [7, 11) is 0. The number of fused-ring (bicyclic) bond motifs is 1. The molecule has 0 aliphatic rings. The summed E-state index contributed by atoms with van der Waals surface area (Å²) in [4.78, 5) is 3.15. The quantitative estimate of drug-likeness (QED) is 0.766. The van der Waals surface area contributed by atoms with Crippen molar-refractivity contribution in [1.82, 2.24) is 9.55 Å². The van der Waals surface area contributed by atoms with Crippen LogP contribution in [0.25, 0.3) is 11.0 Å². The first-order chi connectivity index (χ1) is 8.45. The predicted octanol–water partition coefficient (Wildman–Crippen LogP) is 5.21. The van der Waals surface area contributed by atoms with Crippen molar-refractivity contribution in [3.8, 4) is 0 Å². The van der Waals surface area contributed by atoms with Crippen LogP contribution in [0, 0.1) is 16.5 Å². The number of nitrogens with one attached hydrogen (secondary N) is 1. The predicted molar refractivity (Wildman–Crippen MR) is 78.9 cm³/mol. The number of benzene rings is 1. The van der Waals surface area contributed by atoms with Crippen LogP contribution < -0.4 is 0 Å². The smallest absolute Gasteiger partial charge is 0.178 e. The molecule has 0 fully saturated rings. The lowest BCUT2D eigenvalue weighted by molar-refractivity contribution is 0.370. The van der Waals surface area contributed by atoms with E-state index in [0.29, 0.717) is 15.2 Å². The standard InChI is InChI=1S/C13H16BrFN2S/c1-4-11(7(2)3)17-12-6-9(15)8(14)5-10(12)16-13(17)18/h5-7,11H,4H2,1-3H3,(H,16,18). The van der Waals surface area contributed by atoms with Crippen molar-refractivity contribution < 1.29 is 4.39 Å². The first kappa shape index (κ1) is 13.7. The van der Waals surface area contributed by atoms with Gasteiger partial charge in [0.15, 0.2) is 4.77 Å². The lowest BCUT2D eigenvalue weighted by Crippen LogP contribution is -2.14. The molecule has 2 rings (SSSR count). The van der Waals surface area contributed by atoms with Crippen molar-refractivity contribution in [2.24, 2.45) is 5.92 Å². The zero-order valence-corrected chi connectivity index (χ0v) is 13.0. The van der Waals surface area contributed by atoms with Crippen LogP contribution in [0.2, 0.25) is 0 Å². The minimum absolute atomic E-state index is 0.260. The monoisotopic (exact) mass is 330 g/mol. The number of hydrogen-bond acceptors (Lipinski definition) is 1. The Morgan fingerprint density at radius 3 is 2.67 bits per heavy atom. The molecule has 1 heterocycles. The highest BCUT2D eigenvalue weighted by Crippen LogP contribution is 2.29. The highest BCUT2D eigenvalue weighted by molar-refractivity contribution is 9.10. The largest absolute Gasteiger partial charge is 0.331 e. The number of nitrogens with zero attached hydrogens (tertiary/aromatic N) is 1. The van der Waals surface area contributed by atoms with Crippen LogP contribution in [0.15, 0.2) is 16.6 Å². The fourth-order valence-corrected chi connectivity index (χ4v) is 3.09. The van der Waals surface area contributed by atoms with Gasteiger partial charge in [-0.1, -0.05) is 20.8 Å². The SMILES string of the molecule is CCC(C(C)C)n1c(=S)[nH]c2cc(Br)c(F)cc21. The van der Waals surface area contributed by atoms with Crippen LogP contribution in [0.4, 0.5) is 4.39 Å². The van der Waals surface area contributed by atoms with Crippen molar-refractivity contribution >= 4 is 39.2 Å². The molecule has 0 amide bonds. The summed E-state index contributed by atoms with van der Waals surface area (Å²) in [6.45, 7) is 6.44. The molecule has 1 N–H and O–H groups in total. The third-order valence-electron chi connectivity index (χ3n) is 3.28. The van der Waals surface area contributed by atoms with Gasteiger partial charge in [0.2, 0.25) is 0 Å². The molecule has 2 nitrogen and oxygen atoms in total. The van der Waals surface area contributed by atoms with Gasteiger partial charge in [-0.3, -0.25) is 0 Å². The number of aromatic nitrogens is 2. The van der Waals surface area contributed by atoms with Crippen molar-refractivity contribution in [1.29, 1.82) is 0 Å². The molecule has 0 radical (unpaired) electrons. The summed E-state index contributed by atoms with van der Waals surface area (Å²) < 4.78 is 16.8. The molecule has 0 saturated carbocycles. The Morgan fingerprint density at radius 2 is 2.11 bits per heavy atom. The first-order valence-corrected chi connectivity index (χ1v) is 7.25. The molecule has 18 heavy (non-hydrogen) atoms. The average Bonchev–Trinajstić information content (AvgIpc) is 2.57. The Kier molecular flexibility index (Phi) is 3.92. The maximum atomic E-state index is 13.7. The third kappa shape index (κ3) is 2.26. The van der Waals surface area contributed by atoms with Crippen molar-refractivity contribution in [3.05, 3.63) is 27.2 Å². The Bertz CT molecular complexity index is 630. The molecule has 1 aromatic heterocycles. The zero-order chi connectivity index (χ0) is 13.4. The van der Waals surface area contributed by atoms with E-state index in [0.717, 1.165) is 17.5 Å². The summed E-state index contributed by atoms with van der Waals surface area (Å²) in [6, 6.07) is 3.56. The fraction of sp³-hybridized carbons (Fsp3) is 0.462. The molecule has 0 aliphatic heterocycles. The van der Waals surface area contributed by atoms with Gasteiger partial charge in [-0.15, -0.1) is 0 Å². The molecular weight excluding hydrogens is 315 g/mol. The van der Waals surface area contributed by atoms with Gasteiger partial charge in [-0.05, 0) is 46.6 Å². The molecule has 0 aliphatic carbocycles. The lowest BCUT2D eigenvalue weighted by Gasteiger charge is -2.21. The molecule has 0 spiro atoms. The number of rotatable bonds is 3. The van der Waals surface area contributed by atoms with E-state index in [2.05, 4.69) is 41.7 Å². The molecule has 0 bridgehead atoms. The molecule has 5 heteroatoms. The Balaban J connectivity index is 2.74. The van der Waals surface area contributed by atoms with Crippen LogP contribution in [0.5, 0.6) is 0 Å². The molecule has 1 atom stereocenters. The molecule has 0 saturated heterocycles. The van der Waals surface area contributed by atoms with Gasteiger partial charge in [0.05, 0.1) is 15.5 Å². The van der Waals surface area contributed by atoms with Gasteiger partial charge in [0, 0.05) is 12.1 Å². The van der Waals surface area contributed by atoms with E-state index in [1.807, 2.05) is 4.57 Å². The van der Waals surface area contributed by atoms with Gasteiger partial charge in [-0.25, -0.2) is 4.39 Å². The average molecular weight is 331 g/mol. The molecular formula is C13H16BrFN2S. The van der Waals surface area contributed by atoms with Crippen LogP contribution >= 0.6 is 28.1 Å². The Hall–Kier alpha value is -0.680. The van der Waals surface area contributed by atoms with E-state index in [1.54, 1.807) is 6.07 Å². The second kappa shape index (κ2) is 5.13. The van der Waals surface area contributed by atoms with Crippen molar-refractivity contribution in [2.75, 3.05) is 0 Å². The summed E-state index contributed by atoms with van der Waals surface area (Å²) in [5.41, 5.74) is 1.70. The van der Waals surface area contributed by atoms with Crippen LogP contribution in [-0.2, 0) is 0 Å². The number of imidazole rings is 1. The fourth-order valence-electron chi connectivity index (χ4n) is 2.40. The molecule has 98 valence electrons. The first-order valence-electron chi connectivity index (χ1n) is 6.05. The topological polar surface area (TPSA) is 20.7 Å². The summed E-state index contributed by atoms with van der Waals surface area (Å²) in [5.74, 6) is 0.191. The normalized spacial score (nSPS) is 13.4. The van der Waals surface area contributed by atoms with E-state index in [4.69, 9.17) is 12.2 Å². The van der Waals surface area contributed by atoms with Gasteiger partial charge >= 0.3 is 0 Å². The van der Waals surface area contributed by atoms with Crippen molar-refractivity contribution in [2.45, 2.75) is 33.2 Å². The number of H-pyrrole nitrogens is 1. The molecule has 1 aromatic carbocycles. The van der Waals surface area contributed by atoms with Crippen LogP contribution in [-0.4, -0.2) is 9.55 Å². The van der Waals surface area contributed by atoms with E-state index in [-0.39, 0.29) is 11.9 Å². The third-order valence-corrected chi connectivity index (χ3v) is 4.18. The van der Waals surface area contributed by atoms with Gasteiger partial charge < -0.3 is 9.55 Å². The Labute approximate surface area is 119 Å². The summed E-state index contributed by atoms with van der Waals surface area (Å²) in [5, 5.41) is 0. The maximum Gasteiger partial charge on any atom is 0.178 e. The number of aromatic amines is 1. The van der Waals surface area contributed by atoms with E-state index in [1.165, 1.54) is 6.07 Å². The maximum absolute atomic E-state index is 13.7. The van der Waals surface area contributed by atoms with Crippen molar-refractivity contribution in [3.63, 3.8) is 0 Å². The van der Waals surface area contributed by atoms with Gasteiger partial charge in [0.1, 0.15) is 5.82 Å². The second-order valence-electron chi connectivity index (χ2n) is 4.80. The van der Waals surface area contributed by atoms with Gasteiger partial charge in [-0.2, -0.15) is 0 Å². The summed E-state index contributed by atoms with van der Waals surface area (Å²) >= 11 is 8.57. The van der Waals surface area contributed by atoms with E-state index < -0.39 is 0 Å². The van der Waals surface area contributed by atoms with Crippen LogP contribution in [0.3, 0.4) is 0 Å². The highest BCUT2D eigenvalue weighted by atomic mass is 79.9. The number of halogens is 2. The van der Waals surface area contributed by atoms with Crippen LogP contribution in [0.1, 0.15) is 33.2 Å². The van der Waals surface area contributed by atoms with E-state index in [9.17, 15) is 4.39 Å². The Morgan fingerprint density at radius 1 is 1.44 bits per heavy atom. The molecule has 1 unspecified atom stereocenters. The summed E-state index contributed by atoms with van der Waals surface area (Å²) in [6.07, 6.45) is 0.969. The van der Waals surface area contributed by atoms with Gasteiger partial charge in [0.25, 0.3) is 0 Å². The molecule has 2 aromatic rings. The zero-order valence-electron chi connectivity index (χ0n) is 10.6. The highest BCUT2D eigenvalue weighted by Gasteiger charge is 2.18. The van der Waals surface area contributed by atoms with E-state index >= 15 is 0 Å². The minimum Gasteiger partial charge on any atom is -0.331 e. The lowest BCUT2D eigenvalue weighted by atomic mass is 10.0. The minimum atomic E-state index is -0.260. The second-order valence-corrected chi connectivity index (χ2v) is 6.04.